The molecule has 0 saturated heterocycles. The summed E-state index contributed by atoms with van der Waals surface area (Å²) in [5.74, 6) is 0. The van der Waals surface area contributed by atoms with Crippen LogP contribution in [-0.4, -0.2) is 29.7 Å². The number of hydrogen-bond acceptors (Lipinski definition) is 2. The molecule has 0 aliphatic carbocycles. The normalized spacial score (nSPS) is 12.8. The molecule has 1 unspecified atom stereocenters. The van der Waals surface area contributed by atoms with Gasteiger partial charge in [-0.15, -0.1) is 6.58 Å². The van der Waals surface area contributed by atoms with E-state index in [0.29, 0.717) is 0 Å². The highest BCUT2D eigenvalue weighted by atomic mass is 16.3. The van der Waals surface area contributed by atoms with Crippen LogP contribution in [0, 0.1) is 0 Å². The van der Waals surface area contributed by atoms with E-state index < -0.39 is 0 Å². The second-order valence-electron chi connectivity index (χ2n) is 3.39. The molecule has 1 rings (SSSR count). The van der Waals surface area contributed by atoms with Gasteiger partial charge in [-0.2, -0.15) is 0 Å². The lowest BCUT2D eigenvalue weighted by atomic mass is 10.2. The summed E-state index contributed by atoms with van der Waals surface area (Å²) in [5.41, 5.74) is 1.25. The monoisotopic (exact) mass is 191 g/mol. The van der Waals surface area contributed by atoms with Gasteiger partial charge in [0.25, 0.3) is 0 Å². The van der Waals surface area contributed by atoms with Crippen molar-refractivity contribution in [1.29, 1.82) is 0 Å². The van der Waals surface area contributed by atoms with Crippen LogP contribution >= 0.6 is 0 Å². The van der Waals surface area contributed by atoms with E-state index in [2.05, 4.69) is 23.6 Å². The first kappa shape index (κ1) is 11.0. The zero-order valence-electron chi connectivity index (χ0n) is 8.56. The van der Waals surface area contributed by atoms with Crippen LogP contribution in [0.5, 0.6) is 0 Å². The first-order chi connectivity index (χ1) is 6.77. The average Bonchev–Trinajstić information content (AvgIpc) is 2.21. The highest BCUT2D eigenvalue weighted by Gasteiger charge is 2.09. The zero-order chi connectivity index (χ0) is 10.4. The fourth-order valence-electron chi connectivity index (χ4n) is 1.38. The van der Waals surface area contributed by atoms with E-state index in [1.54, 1.807) is 6.08 Å². The molecule has 1 N–H and O–H groups in total. The van der Waals surface area contributed by atoms with Crippen LogP contribution in [0.3, 0.4) is 0 Å². The van der Waals surface area contributed by atoms with E-state index in [0.717, 1.165) is 6.54 Å². The van der Waals surface area contributed by atoms with Crippen LogP contribution in [0.15, 0.2) is 43.0 Å². The highest BCUT2D eigenvalue weighted by molar-refractivity contribution is 5.14. The summed E-state index contributed by atoms with van der Waals surface area (Å²) in [5, 5.41) is 9.06. The van der Waals surface area contributed by atoms with E-state index in [4.69, 9.17) is 5.11 Å². The average molecular weight is 191 g/mol. The second kappa shape index (κ2) is 5.58. The molecule has 0 fully saturated rings. The second-order valence-corrected chi connectivity index (χ2v) is 3.39. The van der Waals surface area contributed by atoms with Gasteiger partial charge in [0, 0.05) is 6.54 Å². The predicted octanol–water partition coefficient (Wildman–Crippen LogP) is 1.67. The molecule has 0 spiro atoms. The Morgan fingerprint density at radius 3 is 2.57 bits per heavy atom. The van der Waals surface area contributed by atoms with Crippen LogP contribution in [0.4, 0.5) is 0 Å². The van der Waals surface area contributed by atoms with Gasteiger partial charge in [-0.1, -0.05) is 36.4 Å². The maximum atomic E-state index is 9.06. The van der Waals surface area contributed by atoms with Crippen molar-refractivity contribution in [2.45, 2.75) is 12.6 Å². The third kappa shape index (κ3) is 2.98. The third-order valence-electron chi connectivity index (χ3n) is 2.30. The van der Waals surface area contributed by atoms with Gasteiger partial charge < -0.3 is 5.11 Å². The Morgan fingerprint density at radius 2 is 2.07 bits per heavy atom. The molecule has 0 aliphatic rings. The lowest BCUT2D eigenvalue weighted by molar-refractivity contribution is 0.172. The van der Waals surface area contributed by atoms with Crippen LogP contribution in [0.1, 0.15) is 5.56 Å². The Labute approximate surface area is 85.5 Å². The van der Waals surface area contributed by atoms with Gasteiger partial charge in [0.1, 0.15) is 0 Å². The van der Waals surface area contributed by atoms with Crippen LogP contribution < -0.4 is 0 Å². The van der Waals surface area contributed by atoms with Gasteiger partial charge in [0.05, 0.1) is 12.6 Å². The minimum absolute atomic E-state index is 0.0372. The van der Waals surface area contributed by atoms with Crippen molar-refractivity contribution in [2.75, 3.05) is 13.7 Å². The molecule has 0 aliphatic heterocycles. The number of likely N-dealkylation sites (N-methyl/N-ethyl adjacent to an activating group) is 1. The molecule has 0 amide bonds. The largest absolute Gasteiger partial charge is 0.394 e. The molecule has 1 atom stereocenters. The van der Waals surface area contributed by atoms with Gasteiger partial charge in [-0.25, -0.2) is 0 Å². The smallest absolute Gasteiger partial charge is 0.0622 e. The van der Waals surface area contributed by atoms with Crippen molar-refractivity contribution < 1.29 is 5.11 Å². The van der Waals surface area contributed by atoms with Crippen molar-refractivity contribution in [2.24, 2.45) is 0 Å². The Hall–Kier alpha value is -1.12. The summed E-state index contributed by atoms with van der Waals surface area (Å²) in [6.07, 6.45) is 1.77. The lowest BCUT2D eigenvalue weighted by Gasteiger charge is -2.23. The number of hydrogen-bond donors (Lipinski definition) is 1. The van der Waals surface area contributed by atoms with Crippen LogP contribution in [0.25, 0.3) is 0 Å². The molecule has 0 bridgehead atoms. The van der Waals surface area contributed by atoms with Crippen molar-refractivity contribution in [3.05, 3.63) is 48.6 Å². The fourth-order valence-corrected chi connectivity index (χ4v) is 1.38. The van der Waals surface area contributed by atoms with E-state index >= 15 is 0 Å². The summed E-state index contributed by atoms with van der Waals surface area (Å²) < 4.78 is 0. The maximum Gasteiger partial charge on any atom is 0.0622 e. The number of rotatable bonds is 5. The van der Waals surface area contributed by atoms with E-state index in [1.807, 2.05) is 25.2 Å². The minimum Gasteiger partial charge on any atom is -0.394 e. The lowest BCUT2D eigenvalue weighted by Crippen LogP contribution is -2.32. The summed E-state index contributed by atoms with van der Waals surface area (Å²) in [6, 6.07) is 10.2. The topological polar surface area (TPSA) is 23.5 Å². The van der Waals surface area contributed by atoms with E-state index in [1.165, 1.54) is 5.56 Å². The van der Waals surface area contributed by atoms with Crippen molar-refractivity contribution in [3.63, 3.8) is 0 Å². The minimum atomic E-state index is 0.0372. The van der Waals surface area contributed by atoms with Crippen LogP contribution in [0.2, 0.25) is 0 Å². The van der Waals surface area contributed by atoms with E-state index in [9.17, 15) is 0 Å². The van der Waals surface area contributed by atoms with Crippen LogP contribution in [-0.2, 0) is 6.54 Å². The Bertz CT molecular complexity index is 271. The molecule has 0 heterocycles. The molecular formula is C12H17NO. The molecule has 2 nitrogen and oxygen atoms in total. The summed E-state index contributed by atoms with van der Waals surface area (Å²) in [6.45, 7) is 4.64. The Morgan fingerprint density at radius 1 is 1.43 bits per heavy atom. The third-order valence-corrected chi connectivity index (χ3v) is 2.30. The highest BCUT2D eigenvalue weighted by Crippen LogP contribution is 2.06. The predicted molar refractivity (Wildman–Crippen MR) is 59.0 cm³/mol. The summed E-state index contributed by atoms with van der Waals surface area (Å²) >= 11 is 0. The molecule has 14 heavy (non-hydrogen) atoms. The first-order valence-electron chi connectivity index (χ1n) is 4.75. The SMILES string of the molecule is C=CC(CO)N(C)Cc1ccccc1. The van der Waals surface area contributed by atoms with E-state index in [-0.39, 0.29) is 12.6 Å². The zero-order valence-corrected chi connectivity index (χ0v) is 8.56. The number of aliphatic hydroxyl groups is 1. The molecule has 76 valence electrons. The molecule has 1 aromatic carbocycles. The molecule has 2 heteroatoms. The standard InChI is InChI=1S/C12H17NO/c1-3-12(10-14)13(2)9-11-7-5-4-6-8-11/h3-8,12,14H,1,9-10H2,2H3. The van der Waals surface area contributed by atoms with Gasteiger partial charge in [-0.05, 0) is 12.6 Å². The molecule has 1 aromatic rings. The number of aliphatic hydroxyl groups excluding tert-OH is 1. The van der Waals surface area contributed by atoms with Crippen molar-refractivity contribution in [3.8, 4) is 0 Å². The fraction of sp³-hybridized carbons (Fsp3) is 0.333. The maximum absolute atomic E-state index is 9.06. The number of nitrogens with zero attached hydrogens (tertiary/aromatic N) is 1. The van der Waals surface area contributed by atoms with Gasteiger partial charge in [0.15, 0.2) is 0 Å². The van der Waals surface area contributed by atoms with Crippen molar-refractivity contribution in [1.82, 2.24) is 4.90 Å². The summed E-state index contributed by atoms with van der Waals surface area (Å²) in [4.78, 5) is 2.07. The summed E-state index contributed by atoms with van der Waals surface area (Å²) in [7, 11) is 1.98. The molecular weight excluding hydrogens is 174 g/mol. The quantitative estimate of drug-likeness (QED) is 0.716. The van der Waals surface area contributed by atoms with Gasteiger partial charge in [-0.3, -0.25) is 4.90 Å². The Balaban J connectivity index is 2.56. The molecule has 0 saturated carbocycles. The van der Waals surface area contributed by atoms with Crippen molar-refractivity contribution >= 4 is 0 Å². The van der Waals surface area contributed by atoms with Gasteiger partial charge >= 0.3 is 0 Å². The number of benzene rings is 1. The molecule has 0 radical (unpaired) electrons. The molecule has 0 aromatic heterocycles. The Kier molecular flexibility index (Phi) is 4.36. The first-order valence-corrected chi connectivity index (χ1v) is 4.75. The van der Waals surface area contributed by atoms with Gasteiger partial charge in [0.2, 0.25) is 0 Å².